The van der Waals surface area contributed by atoms with Crippen molar-refractivity contribution in [2.45, 2.75) is 52.0 Å². The van der Waals surface area contributed by atoms with E-state index >= 15 is 0 Å². The smallest absolute Gasteiger partial charge is 0.231 e. The van der Waals surface area contributed by atoms with Crippen LogP contribution in [0.3, 0.4) is 0 Å². The van der Waals surface area contributed by atoms with Crippen LogP contribution in [0, 0.1) is 6.92 Å². The van der Waals surface area contributed by atoms with Crippen LogP contribution < -0.4 is 15.4 Å². The van der Waals surface area contributed by atoms with Gasteiger partial charge < -0.3 is 25.1 Å². The van der Waals surface area contributed by atoms with Crippen LogP contribution in [0.1, 0.15) is 44.6 Å². The highest BCUT2D eigenvalue weighted by Crippen LogP contribution is 2.27. The van der Waals surface area contributed by atoms with Crippen molar-refractivity contribution in [2.24, 2.45) is 0 Å². The molecule has 1 saturated carbocycles. The van der Waals surface area contributed by atoms with Gasteiger partial charge in [0.2, 0.25) is 5.95 Å². The second-order valence-electron chi connectivity index (χ2n) is 7.62. The second kappa shape index (κ2) is 9.75. The van der Waals surface area contributed by atoms with Crippen LogP contribution in [0.4, 0.5) is 17.5 Å². The van der Waals surface area contributed by atoms with Crippen molar-refractivity contribution in [3.63, 3.8) is 0 Å². The molecule has 0 amide bonds. The molecule has 4 rings (SSSR count). The first kappa shape index (κ1) is 20.4. The Morgan fingerprint density at radius 2 is 2.00 bits per heavy atom. The number of imidazole rings is 1. The van der Waals surface area contributed by atoms with E-state index in [-0.39, 0.29) is 0 Å². The molecule has 1 aliphatic rings. The highest BCUT2D eigenvalue weighted by Gasteiger charge is 2.17. The van der Waals surface area contributed by atoms with Gasteiger partial charge in [0, 0.05) is 18.3 Å². The molecule has 3 N–H and O–H groups in total. The molecule has 0 unspecified atom stereocenters. The van der Waals surface area contributed by atoms with Gasteiger partial charge in [0.15, 0.2) is 11.5 Å². The van der Waals surface area contributed by atoms with Crippen molar-refractivity contribution in [1.82, 2.24) is 19.9 Å². The molecule has 8 nitrogen and oxygen atoms in total. The lowest BCUT2D eigenvalue weighted by molar-refractivity contribution is 0.110. The summed E-state index contributed by atoms with van der Waals surface area (Å²) in [4.78, 5) is 16.8. The number of ether oxygens (including phenoxy) is 2. The molecule has 1 aromatic carbocycles. The molecule has 2 heterocycles. The lowest BCUT2D eigenvalue weighted by atomic mass is 9.95. The van der Waals surface area contributed by atoms with E-state index in [4.69, 9.17) is 14.5 Å². The number of rotatable bonds is 9. The summed E-state index contributed by atoms with van der Waals surface area (Å²) in [5.74, 6) is 2.16. The Bertz CT molecular complexity index is 967. The first-order valence-corrected chi connectivity index (χ1v) is 10.8. The highest BCUT2D eigenvalue weighted by molar-refractivity contribution is 5.84. The van der Waals surface area contributed by atoms with Gasteiger partial charge in [-0.1, -0.05) is 19.3 Å². The Morgan fingerprint density at radius 1 is 1.13 bits per heavy atom. The molecule has 8 heteroatoms. The highest BCUT2D eigenvalue weighted by atomic mass is 16.5. The molecule has 2 aromatic heterocycles. The Balaban J connectivity index is 1.49. The van der Waals surface area contributed by atoms with Gasteiger partial charge in [-0.2, -0.15) is 9.97 Å². The number of nitrogens with zero attached hydrogens (tertiary/aromatic N) is 3. The molecule has 3 aromatic rings. The molecule has 0 bridgehead atoms. The summed E-state index contributed by atoms with van der Waals surface area (Å²) in [5.41, 5.74) is 3.49. The van der Waals surface area contributed by atoms with E-state index in [1.807, 2.05) is 32.0 Å². The molecule has 0 radical (unpaired) electrons. The van der Waals surface area contributed by atoms with Gasteiger partial charge in [-0.15, -0.1) is 0 Å². The van der Waals surface area contributed by atoms with Crippen molar-refractivity contribution < 1.29 is 9.47 Å². The average molecular weight is 411 g/mol. The number of H-pyrrole nitrogens is 1. The Kier molecular flexibility index (Phi) is 6.63. The predicted molar refractivity (Wildman–Crippen MR) is 119 cm³/mol. The van der Waals surface area contributed by atoms with Gasteiger partial charge in [0.1, 0.15) is 17.9 Å². The fraction of sp³-hybridized carbons (Fsp3) is 0.500. The molecule has 0 atom stereocenters. The van der Waals surface area contributed by atoms with E-state index in [1.54, 1.807) is 6.33 Å². The van der Waals surface area contributed by atoms with Crippen molar-refractivity contribution in [2.75, 3.05) is 30.5 Å². The van der Waals surface area contributed by atoms with Gasteiger partial charge in [-0.25, -0.2) is 4.98 Å². The first-order valence-electron chi connectivity index (χ1n) is 10.8. The quantitative estimate of drug-likeness (QED) is 0.445. The summed E-state index contributed by atoms with van der Waals surface area (Å²) < 4.78 is 11.1. The van der Waals surface area contributed by atoms with E-state index in [1.165, 1.54) is 32.1 Å². The van der Waals surface area contributed by atoms with Crippen LogP contribution in [0.5, 0.6) is 5.75 Å². The number of aryl methyl sites for hydroxylation is 1. The standard InChI is InChI=1S/C22H30N6O2/c1-3-29-11-12-30-17-9-10-18(15(2)13-17)26-22-27-20-19(23-14-24-20)21(28-22)25-16-7-5-4-6-8-16/h9-10,13-14,16H,3-8,11-12H2,1-2H3,(H3,23,24,25,26,27,28). The number of fused-ring (bicyclic) bond motifs is 1. The van der Waals surface area contributed by atoms with Crippen molar-refractivity contribution in [3.8, 4) is 5.75 Å². The maximum atomic E-state index is 5.74. The molecule has 0 spiro atoms. The van der Waals surface area contributed by atoms with E-state index in [0.717, 1.165) is 28.3 Å². The summed E-state index contributed by atoms with van der Waals surface area (Å²) in [6.07, 6.45) is 7.85. The minimum atomic E-state index is 0.447. The zero-order chi connectivity index (χ0) is 20.8. The number of aromatic amines is 1. The van der Waals surface area contributed by atoms with Gasteiger partial charge in [-0.3, -0.25) is 0 Å². The van der Waals surface area contributed by atoms with Gasteiger partial charge in [-0.05, 0) is 50.5 Å². The summed E-state index contributed by atoms with van der Waals surface area (Å²) in [6, 6.07) is 6.37. The normalized spacial score (nSPS) is 14.7. The SMILES string of the molecule is CCOCCOc1ccc(Nc2nc(NC3CCCCC3)c3[nH]cnc3n2)c(C)c1. The maximum absolute atomic E-state index is 5.74. The predicted octanol–water partition coefficient (Wildman–Crippen LogP) is 4.56. The van der Waals surface area contributed by atoms with Gasteiger partial charge in [0.05, 0.1) is 12.9 Å². The van der Waals surface area contributed by atoms with Crippen molar-refractivity contribution >= 4 is 28.6 Å². The van der Waals surface area contributed by atoms with Gasteiger partial charge in [0.25, 0.3) is 0 Å². The summed E-state index contributed by atoms with van der Waals surface area (Å²) in [6.45, 7) is 5.83. The third kappa shape index (κ3) is 4.99. The summed E-state index contributed by atoms with van der Waals surface area (Å²) >= 11 is 0. The molecule has 1 aliphatic carbocycles. The van der Waals surface area contributed by atoms with Crippen LogP contribution in [-0.4, -0.2) is 45.8 Å². The lowest BCUT2D eigenvalue weighted by Gasteiger charge is -2.23. The topological polar surface area (TPSA) is 97.0 Å². The van der Waals surface area contributed by atoms with Crippen LogP contribution in [0.2, 0.25) is 0 Å². The minimum Gasteiger partial charge on any atom is -0.491 e. The zero-order valence-electron chi connectivity index (χ0n) is 17.7. The van der Waals surface area contributed by atoms with Crippen molar-refractivity contribution in [1.29, 1.82) is 0 Å². The fourth-order valence-electron chi connectivity index (χ4n) is 3.78. The Hall–Kier alpha value is -2.87. The van der Waals surface area contributed by atoms with Crippen molar-refractivity contribution in [3.05, 3.63) is 30.1 Å². The average Bonchev–Trinajstić information content (AvgIpc) is 3.23. The summed E-state index contributed by atoms with van der Waals surface area (Å²) in [5, 5.41) is 6.94. The third-order valence-corrected chi connectivity index (χ3v) is 5.38. The molecule has 160 valence electrons. The molecule has 1 fully saturated rings. The molecule has 0 saturated heterocycles. The van der Waals surface area contributed by atoms with Gasteiger partial charge >= 0.3 is 0 Å². The Morgan fingerprint density at radius 3 is 2.80 bits per heavy atom. The molecular weight excluding hydrogens is 380 g/mol. The number of hydrogen-bond acceptors (Lipinski definition) is 7. The maximum Gasteiger partial charge on any atom is 0.231 e. The first-order chi connectivity index (χ1) is 14.7. The van der Waals surface area contributed by atoms with Crippen LogP contribution >= 0.6 is 0 Å². The second-order valence-corrected chi connectivity index (χ2v) is 7.62. The van der Waals surface area contributed by atoms with Crippen LogP contribution in [0.15, 0.2) is 24.5 Å². The van der Waals surface area contributed by atoms with Crippen LogP contribution in [0.25, 0.3) is 11.2 Å². The van der Waals surface area contributed by atoms with E-state index in [9.17, 15) is 0 Å². The largest absolute Gasteiger partial charge is 0.491 e. The number of benzene rings is 1. The number of anilines is 3. The Labute approximate surface area is 176 Å². The number of aromatic nitrogens is 4. The third-order valence-electron chi connectivity index (χ3n) is 5.38. The van der Waals surface area contributed by atoms with E-state index in [2.05, 4.69) is 25.6 Å². The lowest BCUT2D eigenvalue weighted by Crippen LogP contribution is -2.23. The number of hydrogen-bond donors (Lipinski definition) is 3. The minimum absolute atomic E-state index is 0.447. The summed E-state index contributed by atoms with van der Waals surface area (Å²) in [7, 11) is 0. The molecular formula is C22H30N6O2. The molecule has 30 heavy (non-hydrogen) atoms. The van der Waals surface area contributed by atoms with Crippen LogP contribution in [-0.2, 0) is 4.74 Å². The number of nitrogens with one attached hydrogen (secondary N) is 3. The monoisotopic (exact) mass is 410 g/mol. The zero-order valence-corrected chi connectivity index (χ0v) is 17.7. The van der Waals surface area contributed by atoms with E-state index in [0.29, 0.717) is 37.5 Å². The van der Waals surface area contributed by atoms with E-state index < -0.39 is 0 Å². The molecule has 0 aliphatic heterocycles. The fourth-order valence-corrected chi connectivity index (χ4v) is 3.78.